The number of hydrogen-bond acceptors (Lipinski definition) is 2. The first-order chi connectivity index (χ1) is 14.6. The predicted molar refractivity (Wildman–Crippen MR) is 126 cm³/mol. The van der Waals surface area contributed by atoms with Crippen molar-refractivity contribution >= 4 is 5.71 Å². The Kier molecular flexibility index (Phi) is 5.04. The normalized spacial score (nSPS) is 22.6. The Morgan fingerprint density at radius 3 is 2.37 bits per heavy atom. The van der Waals surface area contributed by atoms with Crippen LogP contribution in [0.1, 0.15) is 47.4 Å². The molecule has 1 fully saturated rings. The van der Waals surface area contributed by atoms with Crippen molar-refractivity contribution in [3.63, 3.8) is 0 Å². The average molecular weight is 395 g/mol. The summed E-state index contributed by atoms with van der Waals surface area (Å²) < 4.78 is 0. The highest BCUT2D eigenvalue weighted by Gasteiger charge is 2.37. The summed E-state index contributed by atoms with van der Waals surface area (Å²) in [5, 5.41) is 9.14. The largest absolute Gasteiger partial charge is 0.306 e. The second-order valence-corrected chi connectivity index (χ2v) is 9.13. The zero-order chi connectivity index (χ0) is 20.7. The first-order valence-corrected chi connectivity index (χ1v) is 11.1. The fourth-order valence-corrected chi connectivity index (χ4v) is 5.67. The molecule has 1 saturated carbocycles. The molecule has 2 heteroatoms. The lowest BCUT2D eigenvalue weighted by Crippen LogP contribution is -2.39. The van der Waals surface area contributed by atoms with E-state index >= 15 is 0 Å². The molecule has 0 bridgehead atoms. The van der Waals surface area contributed by atoms with Gasteiger partial charge in [-0.15, -0.1) is 0 Å². The second kappa shape index (κ2) is 7.85. The van der Waals surface area contributed by atoms with Gasteiger partial charge in [-0.2, -0.15) is 0 Å². The molecule has 1 N–H and O–H groups in total. The van der Waals surface area contributed by atoms with Gasteiger partial charge in [-0.05, 0) is 79.1 Å². The van der Waals surface area contributed by atoms with E-state index in [1.54, 1.807) is 0 Å². The number of hydrogen-bond donors (Lipinski definition) is 1. The molecule has 30 heavy (non-hydrogen) atoms. The summed E-state index contributed by atoms with van der Waals surface area (Å²) in [6.07, 6.45) is 4.44. The number of nitrogens with one attached hydrogen (secondary N) is 1. The van der Waals surface area contributed by atoms with Crippen LogP contribution < -0.4 is 0 Å². The van der Waals surface area contributed by atoms with Crippen LogP contribution in [-0.4, -0.2) is 30.7 Å². The van der Waals surface area contributed by atoms with Gasteiger partial charge in [-0.3, -0.25) is 0 Å². The topological polar surface area (TPSA) is 27.1 Å². The zero-order valence-electron chi connectivity index (χ0n) is 17.9. The van der Waals surface area contributed by atoms with Crippen LogP contribution in [0.2, 0.25) is 0 Å². The molecule has 0 saturated heterocycles. The van der Waals surface area contributed by atoms with Crippen LogP contribution in [0.4, 0.5) is 0 Å². The third kappa shape index (κ3) is 3.30. The molecule has 5 rings (SSSR count). The van der Waals surface area contributed by atoms with Gasteiger partial charge in [0.05, 0.1) is 0 Å². The molecule has 0 radical (unpaired) electrons. The van der Waals surface area contributed by atoms with E-state index in [0.717, 1.165) is 30.5 Å². The van der Waals surface area contributed by atoms with E-state index in [9.17, 15) is 0 Å². The Morgan fingerprint density at radius 1 is 0.833 bits per heavy atom. The molecule has 3 atom stereocenters. The standard InChI is InChI=1S/C28H30N2/c1-30(2)21-15-16-25(27(18-21)28(29)19-9-4-3-5-10-19)24-14-8-13-23-22-12-7-6-11-20(22)17-26(23)24/h3-14,21,25,27,29H,15-18H2,1-2H3. The number of fused-ring (bicyclic) bond motifs is 3. The van der Waals surface area contributed by atoms with Gasteiger partial charge in [0.2, 0.25) is 0 Å². The Morgan fingerprint density at radius 2 is 1.57 bits per heavy atom. The molecule has 152 valence electrons. The van der Waals surface area contributed by atoms with Gasteiger partial charge in [-0.1, -0.05) is 72.8 Å². The first kappa shape index (κ1) is 19.3. The van der Waals surface area contributed by atoms with Gasteiger partial charge >= 0.3 is 0 Å². The molecule has 0 aromatic heterocycles. The summed E-state index contributed by atoms with van der Waals surface area (Å²) in [6.45, 7) is 0. The van der Waals surface area contributed by atoms with E-state index in [1.165, 1.54) is 34.2 Å². The Balaban J connectivity index is 1.55. The molecule has 0 aliphatic heterocycles. The molecule has 3 aromatic rings. The van der Waals surface area contributed by atoms with Crippen molar-refractivity contribution in [2.45, 2.75) is 37.6 Å². The van der Waals surface area contributed by atoms with E-state index in [-0.39, 0.29) is 5.92 Å². The molecular formula is C28H30N2. The molecule has 0 heterocycles. The molecule has 2 aliphatic rings. The van der Waals surface area contributed by atoms with Crippen LogP contribution in [0.5, 0.6) is 0 Å². The number of rotatable bonds is 4. The predicted octanol–water partition coefficient (Wildman–Crippen LogP) is 6.14. The van der Waals surface area contributed by atoms with Crippen LogP contribution in [0, 0.1) is 11.3 Å². The third-order valence-electron chi connectivity index (χ3n) is 7.29. The lowest BCUT2D eigenvalue weighted by atomic mass is 9.69. The Hall–Kier alpha value is -2.71. The molecule has 2 nitrogen and oxygen atoms in total. The van der Waals surface area contributed by atoms with Crippen LogP contribution in [0.25, 0.3) is 11.1 Å². The molecule has 3 aromatic carbocycles. The number of benzene rings is 3. The molecule has 3 unspecified atom stereocenters. The van der Waals surface area contributed by atoms with Crippen LogP contribution >= 0.6 is 0 Å². The van der Waals surface area contributed by atoms with Crippen molar-refractivity contribution in [1.29, 1.82) is 5.41 Å². The highest BCUT2D eigenvalue weighted by atomic mass is 15.1. The quantitative estimate of drug-likeness (QED) is 0.414. The molecule has 0 spiro atoms. The van der Waals surface area contributed by atoms with E-state index in [1.807, 2.05) is 6.07 Å². The highest BCUT2D eigenvalue weighted by molar-refractivity contribution is 6.00. The summed E-state index contributed by atoms with van der Waals surface area (Å²) in [5.41, 5.74) is 9.10. The fourth-order valence-electron chi connectivity index (χ4n) is 5.67. The fraction of sp³-hybridized carbons (Fsp3) is 0.321. The zero-order valence-corrected chi connectivity index (χ0v) is 17.9. The first-order valence-electron chi connectivity index (χ1n) is 11.1. The second-order valence-electron chi connectivity index (χ2n) is 9.13. The Bertz CT molecular complexity index is 1070. The lowest BCUT2D eigenvalue weighted by molar-refractivity contribution is 0.194. The van der Waals surface area contributed by atoms with Gasteiger partial charge < -0.3 is 10.3 Å². The summed E-state index contributed by atoms with van der Waals surface area (Å²) in [4.78, 5) is 2.35. The average Bonchev–Trinajstić information content (AvgIpc) is 3.17. The van der Waals surface area contributed by atoms with Gasteiger partial charge in [0.15, 0.2) is 0 Å². The maximum atomic E-state index is 9.14. The van der Waals surface area contributed by atoms with Crippen LogP contribution in [0.3, 0.4) is 0 Å². The minimum absolute atomic E-state index is 0.253. The molecular weight excluding hydrogens is 364 g/mol. The van der Waals surface area contributed by atoms with Crippen molar-refractivity contribution < 1.29 is 0 Å². The van der Waals surface area contributed by atoms with Gasteiger partial charge in [0.25, 0.3) is 0 Å². The van der Waals surface area contributed by atoms with E-state index in [0.29, 0.717) is 12.0 Å². The minimum atomic E-state index is 0.253. The molecule has 0 amide bonds. The third-order valence-corrected chi connectivity index (χ3v) is 7.29. The van der Waals surface area contributed by atoms with Crippen molar-refractivity contribution in [2.24, 2.45) is 5.92 Å². The van der Waals surface area contributed by atoms with Gasteiger partial charge in [-0.25, -0.2) is 0 Å². The maximum absolute atomic E-state index is 9.14. The summed E-state index contributed by atoms with van der Waals surface area (Å²) in [5.74, 6) is 0.668. The van der Waals surface area contributed by atoms with Crippen molar-refractivity contribution in [3.05, 3.63) is 95.1 Å². The van der Waals surface area contributed by atoms with Gasteiger partial charge in [0.1, 0.15) is 0 Å². The Labute approximate surface area is 180 Å². The van der Waals surface area contributed by atoms with E-state index in [4.69, 9.17) is 5.41 Å². The summed E-state index contributed by atoms with van der Waals surface area (Å²) in [7, 11) is 4.37. The van der Waals surface area contributed by atoms with E-state index < -0.39 is 0 Å². The van der Waals surface area contributed by atoms with Crippen molar-refractivity contribution in [1.82, 2.24) is 4.90 Å². The monoisotopic (exact) mass is 394 g/mol. The van der Waals surface area contributed by atoms with Crippen molar-refractivity contribution in [2.75, 3.05) is 14.1 Å². The van der Waals surface area contributed by atoms with Gasteiger partial charge in [0, 0.05) is 17.7 Å². The SMILES string of the molecule is CN(C)C1CCC(c2cccc3c2Cc2ccccc2-3)C(C(=N)c2ccccc2)C1. The minimum Gasteiger partial charge on any atom is -0.306 e. The van der Waals surface area contributed by atoms with Crippen molar-refractivity contribution in [3.8, 4) is 11.1 Å². The summed E-state index contributed by atoms with van der Waals surface area (Å²) >= 11 is 0. The molecule has 2 aliphatic carbocycles. The van der Waals surface area contributed by atoms with Crippen LogP contribution in [0.15, 0.2) is 72.8 Å². The maximum Gasteiger partial charge on any atom is 0.0423 e. The lowest BCUT2D eigenvalue weighted by Gasteiger charge is -2.40. The smallest absolute Gasteiger partial charge is 0.0423 e. The number of nitrogens with zero attached hydrogens (tertiary/aromatic N) is 1. The van der Waals surface area contributed by atoms with Crippen LogP contribution in [-0.2, 0) is 6.42 Å². The summed E-state index contributed by atoms with van der Waals surface area (Å²) in [6, 6.07) is 26.6. The highest BCUT2D eigenvalue weighted by Crippen LogP contribution is 2.46. The van der Waals surface area contributed by atoms with E-state index in [2.05, 4.69) is 85.7 Å².